The Morgan fingerprint density at radius 2 is 2.05 bits per heavy atom. The van der Waals surface area contributed by atoms with E-state index >= 15 is 0 Å². The zero-order chi connectivity index (χ0) is 14.7. The predicted octanol–water partition coefficient (Wildman–Crippen LogP) is 4.29. The Balaban J connectivity index is 2.05. The lowest BCUT2D eigenvalue weighted by molar-refractivity contribution is -0.104. The van der Waals surface area contributed by atoms with Crippen LogP contribution in [0.3, 0.4) is 0 Å². The van der Waals surface area contributed by atoms with Gasteiger partial charge in [-0.2, -0.15) is 0 Å². The molecule has 2 rings (SSSR count). The standard InChI is InChI=1S/C14H18BrCl2NO2/c1-3-18-11-7-13(14(11)19-4-2)20-12-6-9(16)8(15)5-10(12)17/h5-6,11,13-14,18H,3-4,7H2,1-2H3. The molecule has 1 aliphatic carbocycles. The van der Waals surface area contributed by atoms with Crippen LogP contribution in [0.4, 0.5) is 0 Å². The van der Waals surface area contributed by atoms with Crippen LogP contribution in [-0.2, 0) is 4.74 Å². The van der Waals surface area contributed by atoms with Crippen LogP contribution in [-0.4, -0.2) is 31.4 Å². The average Bonchev–Trinajstić information content (AvgIpc) is 2.40. The Hall–Kier alpha value is -0.0000000000000000763. The molecular weight excluding hydrogens is 365 g/mol. The summed E-state index contributed by atoms with van der Waals surface area (Å²) in [6, 6.07) is 3.82. The molecule has 0 saturated heterocycles. The lowest BCUT2D eigenvalue weighted by atomic mass is 9.85. The average molecular weight is 383 g/mol. The zero-order valence-corrected chi connectivity index (χ0v) is 14.6. The van der Waals surface area contributed by atoms with Crippen LogP contribution < -0.4 is 10.1 Å². The van der Waals surface area contributed by atoms with Crippen molar-refractivity contribution >= 4 is 39.1 Å². The minimum Gasteiger partial charge on any atom is -0.486 e. The smallest absolute Gasteiger partial charge is 0.140 e. The van der Waals surface area contributed by atoms with Gasteiger partial charge in [0.1, 0.15) is 18.0 Å². The van der Waals surface area contributed by atoms with E-state index in [9.17, 15) is 0 Å². The van der Waals surface area contributed by atoms with Gasteiger partial charge >= 0.3 is 0 Å². The molecule has 1 aromatic carbocycles. The molecule has 0 heterocycles. The third-order valence-corrected chi connectivity index (χ3v) is 4.82. The topological polar surface area (TPSA) is 30.5 Å². The van der Waals surface area contributed by atoms with Crippen LogP contribution in [0.25, 0.3) is 0 Å². The van der Waals surface area contributed by atoms with Crippen molar-refractivity contribution < 1.29 is 9.47 Å². The van der Waals surface area contributed by atoms with Gasteiger partial charge in [0.2, 0.25) is 0 Å². The molecule has 0 radical (unpaired) electrons. The van der Waals surface area contributed by atoms with E-state index in [4.69, 9.17) is 32.7 Å². The summed E-state index contributed by atoms with van der Waals surface area (Å²) in [7, 11) is 0. The number of nitrogens with one attached hydrogen (secondary N) is 1. The molecule has 0 amide bonds. The van der Waals surface area contributed by atoms with Crippen molar-refractivity contribution in [2.75, 3.05) is 13.2 Å². The summed E-state index contributed by atoms with van der Waals surface area (Å²) in [5, 5.41) is 4.52. The highest BCUT2D eigenvalue weighted by molar-refractivity contribution is 9.10. The fourth-order valence-electron chi connectivity index (χ4n) is 2.33. The van der Waals surface area contributed by atoms with Gasteiger partial charge in [-0.1, -0.05) is 30.1 Å². The van der Waals surface area contributed by atoms with Crippen LogP contribution >= 0.6 is 39.1 Å². The second kappa shape index (κ2) is 7.32. The first kappa shape index (κ1) is 16.4. The molecule has 3 unspecified atom stereocenters. The fourth-order valence-corrected chi connectivity index (χ4v) is 3.17. The third kappa shape index (κ3) is 3.60. The number of halogens is 3. The van der Waals surface area contributed by atoms with Gasteiger partial charge in [-0.3, -0.25) is 0 Å². The van der Waals surface area contributed by atoms with Gasteiger partial charge in [0.15, 0.2) is 0 Å². The van der Waals surface area contributed by atoms with E-state index in [1.165, 1.54) is 0 Å². The first-order valence-electron chi connectivity index (χ1n) is 6.73. The number of ether oxygens (including phenoxy) is 2. The van der Waals surface area contributed by atoms with Gasteiger partial charge in [-0.15, -0.1) is 0 Å². The maximum atomic E-state index is 6.18. The number of benzene rings is 1. The lowest BCUT2D eigenvalue weighted by Gasteiger charge is -2.44. The van der Waals surface area contributed by atoms with E-state index in [1.54, 1.807) is 12.1 Å². The van der Waals surface area contributed by atoms with E-state index < -0.39 is 0 Å². The Morgan fingerprint density at radius 1 is 1.30 bits per heavy atom. The molecule has 20 heavy (non-hydrogen) atoms. The van der Waals surface area contributed by atoms with E-state index in [-0.39, 0.29) is 12.2 Å². The molecule has 1 N–H and O–H groups in total. The molecule has 0 aliphatic heterocycles. The lowest BCUT2D eigenvalue weighted by Crippen LogP contribution is -2.61. The summed E-state index contributed by atoms with van der Waals surface area (Å²) in [6.45, 7) is 5.66. The molecular formula is C14H18BrCl2NO2. The molecule has 6 heteroatoms. The summed E-state index contributed by atoms with van der Waals surface area (Å²) >= 11 is 15.6. The van der Waals surface area contributed by atoms with Crippen molar-refractivity contribution in [1.82, 2.24) is 5.32 Å². The van der Waals surface area contributed by atoms with Gasteiger partial charge in [-0.25, -0.2) is 0 Å². The van der Waals surface area contributed by atoms with E-state index in [2.05, 4.69) is 28.2 Å². The quantitative estimate of drug-likeness (QED) is 0.744. The van der Waals surface area contributed by atoms with Gasteiger partial charge < -0.3 is 14.8 Å². The van der Waals surface area contributed by atoms with Gasteiger partial charge in [-0.05, 0) is 35.5 Å². The Bertz CT molecular complexity index is 473. The van der Waals surface area contributed by atoms with Crippen LogP contribution in [0.2, 0.25) is 10.0 Å². The Morgan fingerprint density at radius 3 is 2.70 bits per heavy atom. The molecule has 1 aromatic rings. The van der Waals surface area contributed by atoms with E-state index in [0.717, 1.165) is 17.4 Å². The molecule has 0 aromatic heterocycles. The van der Waals surface area contributed by atoms with Crippen LogP contribution in [0.1, 0.15) is 20.3 Å². The maximum absolute atomic E-state index is 6.18. The van der Waals surface area contributed by atoms with Gasteiger partial charge in [0.05, 0.1) is 10.0 Å². The fraction of sp³-hybridized carbons (Fsp3) is 0.571. The summed E-state index contributed by atoms with van der Waals surface area (Å²) < 4.78 is 12.5. The Labute approximate surface area is 138 Å². The van der Waals surface area contributed by atoms with Gasteiger partial charge in [0, 0.05) is 29.6 Å². The summed E-state index contributed by atoms with van der Waals surface area (Å²) in [5.74, 6) is 0.601. The number of rotatable bonds is 6. The largest absolute Gasteiger partial charge is 0.486 e. The molecule has 112 valence electrons. The van der Waals surface area contributed by atoms with Crippen molar-refractivity contribution in [1.29, 1.82) is 0 Å². The first-order chi connectivity index (χ1) is 9.56. The first-order valence-corrected chi connectivity index (χ1v) is 8.27. The molecule has 0 spiro atoms. The highest BCUT2D eigenvalue weighted by Gasteiger charge is 2.43. The van der Waals surface area contributed by atoms with Crippen molar-refractivity contribution in [2.24, 2.45) is 0 Å². The maximum Gasteiger partial charge on any atom is 0.140 e. The number of hydrogen-bond acceptors (Lipinski definition) is 3. The highest BCUT2D eigenvalue weighted by atomic mass is 79.9. The van der Waals surface area contributed by atoms with E-state index in [1.807, 2.05) is 6.92 Å². The van der Waals surface area contributed by atoms with Crippen molar-refractivity contribution in [3.05, 3.63) is 26.7 Å². The zero-order valence-electron chi connectivity index (χ0n) is 11.5. The minimum atomic E-state index is 0.00809. The molecule has 1 fully saturated rings. The van der Waals surface area contributed by atoms with Crippen LogP contribution in [0.5, 0.6) is 5.75 Å². The molecule has 3 nitrogen and oxygen atoms in total. The number of hydrogen-bond donors (Lipinski definition) is 1. The molecule has 0 bridgehead atoms. The predicted molar refractivity (Wildman–Crippen MR) is 86.1 cm³/mol. The summed E-state index contributed by atoms with van der Waals surface area (Å²) in [6.07, 6.45) is 0.967. The summed E-state index contributed by atoms with van der Waals surface area (Å²) in [4.78, 5) is 0. The normalized spacial score (nSPS) is 25.4. The SMILES string of the molecule is CCNC1CC(Oc2cc(Cl)c(Br)cc2Cl)C1OCC. The summed E-state index contributed by atoms with van der Waals surface area (Å²) in [5.41, 5.74) is 0. The third-order valence-electron chi connectivity index (χ3n) is 3.33. The van der Waals surface area contributed by atoms with Crippen LogP contribution in [0.15, 0.2) is 16.6 Å². The minimum absolute atomic E-state index is 0.00809. The molecule has 3 atom stereocenters. The second-order valence-corrected chi connectivity index (χ2v) is 6.34. The van der Waals surface area contributed by atoms with E-state index in [0.29, 0.717) is 28.4 Å². The Kier molecular flexibility index (Phi) is 5.99. The molecule has 1 saturated carbocycles. The number of likely N-dealkylation sites (N-methyl/N-ethyl adjacent to an activating group) is 1. The van der Waals surface area contributed by atoms with Crippen molar-refractivity contribution in [3.8, 4) is 5.75 Å². The monoisotopic (exact) mass is 381 g/mol. The van der Waals surface area contributed by atoms with Crippen molar-refractivity contribution in [2.45, 2.75) is 38.5 Å². The second-order valence-electron chi connectivity index (χ2n) is 4.67. The highest BCUT2D eigenvalue weighted by Crippen LogP contribution is 2.37. The van der Waals surface area contributed by atoms with Gasteiger partial charge in [0.25, 0.3) is 0 Å². The molecule has 1 aliphatic rings. The van der Waals surface area contributed by atoms with Crippen molar-refractivity contribution in [3.63, 3.8) is 0 Å². The van der Waals surface area contributed by atoms with Crippen LogP contribution in [0, 0.1) is 0 Å².